The Morgan fingerprint density at radius 2 is 1.54 bits per heavy atom. The highest BCUT2D eigenvalue weighted by atomic mass is 32.2. The fourth-order valence-corrected chi connectivity index (χ4v) is 5.29. The van der Waals surface area contributed by atoms with Crippen molar-refractivity contribution >= 4 is 29.4 Å². The first kappa shape index (κ1) is 25.4. The van der Waals surface area contributed by atoms with E-state index in [0.717, 1.165) is 67.1 Å². The molecule has 2 saturated heterocycles. The standard InChI is InChI=1S/C26H36N6O2S/c1-4-23-18-24(31-12-10-29(5-2)11-13-31)28-26(27-23)35-19-21-6-8-22(9-7-21)25(34)32-16-14-30(15-17-32)20(3)33/h6-9,18H,4-5,10-17,19H2,1-3H3. The van der Waals surface area contributed by atoms with Crippen LogP contribution in [0, 0.1) is 0 Å². The lowest BCUT2D eigenvalue weighted by Crippen LogP contribution is -2.50. The molecule has 2 amide bonds. The summed E-state index contributed by atoms with van der Waals surface area (Å²) in [4.78, 5) is 42.4. The SMILES string of the molecule is CCc1cc(N2CCN(CC)CC2)nc(SCc2ccc(C(=O)N3CCN(C(C)=O)CC3)cc2)n1. The van der Waals surface area contributed by atoms with Gasteiger partial charge in [0, 0.05) is 82.4 Å². The molecular formula is C26H36N6O2S. The molecular weight excluding hydrogens is 460 g/mol. The molecule has 4 rings (SSSR count). The highest BCUT2D eigenvalue weighted by molar-refractivity contribution is 7.98. The maximum atomic E-state index is 12.9. The first-order valence-corrected chi connectivity index (χ1v) is 13.6. The number of aromatic nitrogens is 2. The molecule has 188 valence electrons. The van der Waals surface area contributed by atoms with Crippen molar-refractivity contribution in [3.8, 4) is 0 Å². The van der Waals surface area contributed by atoms with Crippen LogP contribution in [-0.4, -0.2) is 95.4 Å². The Kier molecular flexibility index (Phi) is 8.62. The van der Waals surface area contributed by atoms with Crippen LogP contribution in [0.15, 0.2) is 35.5 Å². The number of nitrogens with zero attached hydrogens (tertiary/aromatic N) is 6. The maximum absolute atomic E-state index is 12.9. The van der Waals surface area contributed by atoms with E-state index in [4.69, 9.17) is 9.97 Å². The third-order valence-electron chi connectivity index (χ3n) is 6.83. The largest absolute Gasteiger partial charge is 0.354 e. The highest BCUT2D eigenvalue weighted by Gasteiger charge is 2.23. The summed E-state index contributed by atoms with van der Waals surface area (Å²) in [6.07, 6.45) is 0.884. The first-order valence-electron chi connectivity index (χ1n) is 12.6. The summed E-state index contributed by atoms with van der Waals surface area (Å²) < 4.78 is 0. The van der Waals surface area contributed by atoms with Gasteiger partial charge in [-0.05, 0) is 30.7 Å². The second-order valence-electron chi connectivity index (χ2n) is 9.06. The maximum Gasteiger partial charge on any atom is 0.253 e. The van der Waals surface area contributed by atoms with Crippen molar-refractivity contribution in [1.82, 2.24) is 24.7 Å². The molecule has 0 atom stereocenters. The number of amides is 2. The van der Waals surface area contributed by atoms with E-state index in [9.17, 15) is 9.59 Å². The van der Waals surface area contributed by atoms with Crippen LogP contribution in [0.4, 0.5) is 5.82 Å². The lowest BCUT2D eigenvalue weighted by molar-refractivity contribution is -0.130. The van der Waals surface area contributed by atoms with E-state index in [2.05, 4.69) is 29.7 Å². The number of benzene rings is 1. The van der Waals surface area contributed by atoms with Crippen molar-refractivity contribution in [3.05, 3.63) is 47.2 Å². The predicted octanol–water partition coefficient (Wildman–Crippen LogP) is 2.78. The van der Waals surface area contributed by atoms with Gasteiger partial charge in [-0.2, -0.15) is 0 Å². The highest BCUT2D eigenvalue weighted by Crippen LogP contribution is 2.24. The van der Waals surface area contributed by atoms with Crippen LogP contribution < -0.4 is 4.90 Å². The normalized spacial score (nSPS) is 17.1. The van der Waals surface area contributed by atoms with Crippen LogP contribution >= 0.6 is 11.8 Å². The van der Waals surface area contributed by atoms with Gasteiger partial charge in [-0.3, -0.25) is 9.59 Å². The minimum absolute atomic E-state index is 0.0270. The molecule has 2 aliphatic rings. The second kappa shape index (κ2) is 11.9. The average molecular weight is 497 g/mol. The Hall–Kier alpha value is -2.65. The number of piperazine rings is 2. The molecule has 9 heteroatoms. The van der Waals surface area contributed by atoms with Crippen molar-refractivity contribution < 1.29 is 9.59 Å². The number of hydrogen-bond donors (Lipinski definition) is 0. The van der Waals surface area contributed by atoms with Crippen LogP contribution in [-0.2, 0) is 17.0 Å². The summed E-state index contributed by atoms with van der Waals surface area (Å²) in [6, 6.07) is 9.96. The van der Waals surface area contributed by atoms with Crippen molar-refractivity contribution in [2.24, 2.45) is 0 Å². The lowest BCUT2D eigenvalue weighted by atomic mass is 10.1. The van der Waals surface area contributed by atoms with Crippen molar-refractivity contribution in [2.45, 2.75) is 38.1 Å². The van der Waals surface area contributed by atoms with Crippen LogP contribution in [0.1, 0.15) is 42.4 Å². The summed E-state index contributed by atoms with van der Waals surface area (Å²) in [7, 11) is 0. The van der Waals surface area contributed by atoms with E-state index in [-0.39, 0.29) is 11.8 Å². The summed E-state index contributed by atoms with van der Waals surface area (Å²) in [5, 5.41) is 0.806. The Morgan fingerprint density at radius 1 is 0.886 bits per heavy atom. The number of thioether (sulfide) groups is 1. The number of hydrogen-bond acceptors (Lipinski definition) is 7. The van der Waals surface area contributed by atoms with Crippen LogP contribution in [0.5, 0.6) is 0 Å². The van der Waals surface area contributed by atoms with Gasteiger partial charge < -0.3 is 19.6 Å². The van der Waals surface area contributed by atoms with Crippen molar-refractivity contribution in [3.63, 3.8) is 0 Å². The molecule has 3 heterocycles. The number of carbonyl (C=O) groups is 2. The van der Waals surface area contributed by atoms with Crippen molar-refractivity contribution in [1.29, 1.82) is 0 Å². The van der Waals surface area contributed by atoms with E-state index < -0.39 is 0 Å². The Morgan fingerprint density at radius 3 is 2.14 bits per heavy atom. The smallest absolute Gasteiger partial charge is 0.253 e. The van der Waals surface area contributed by atoms with Gasteiger partial charge >= 0.3 is 0 Å². The number of carbonyl (C=O) groups excluding carboxylic acids is 2. The average Bonchev–Trinajstić information content (AvgIpc) is 2.91. The third-order valence-corrected chi connectivity index (χ3v) is 7.75. The van der Waals surface area contributed by atoms with Gasteiger partial charge in [0.25, 0.3) is 5.91 Å². The Labute approximate surface area is 212 Å². The van der Waals surface area contributed by atoms with Gasteiger partial charge in [-0.1, -0.05) is 37.7 Å². The molecule has 0 N–H and O–H groups in total. The Balaban J connectivity index is 1.35. The van der Waals surface area contributed by atoms with Crippen molar-refractivity contribution in [2.75, 3.05) is 63.8 Å². The van der Waals surface area contributed by atoms with Crippen LogP contribution in [0.3, 0.4) is 0 Å². The molecule has 35 heavy (non-hydrogen) atoms. The van der Waals surface area contributed by atoms with E-state index in [1.807, 2.05) is 29.2 Å². The quantitative estimate of drug-likeness (QED) is 0.431. The Bertz CT molecular complexity index is 1020. The zero-order valence-electron chi connectivity index (χ0n) is 21.1. The number of anilines is 1. The van der Waals surface area contributed by atoms with Crippen LogP contribution in [0.25, 0.3) is 0 Å². The van der Waals surface area contributed by atoms with Crippen LogP contribution in [0.2, 0.25) is 0 Å². The zero-order valence-corrected chi connectivity index (χ0v) is 21.9. The molecule has 0 saturated carbocycles. The third kappa shape index (κ3) is 6.52. The first-order chi connectivity index (χ1) is 17.0. The van der Waals surface area contributed by atoms with E-state index >= 15 is 0 Å². The molecule has 1 aromatic heterocycles. The molecule has 0 bridgehead atoms. The predicted molar refractivity (Wildman–Crippen MR) is 140 cm³/mol. The number of likely N-dealkylation sites (N-methyl/N-ethyl adjacent to an activating group) is 1. The second-order valence-corrected chi connectivity index (χ2v) is 10.0. The summed E-state index contributed by atoms with van der Waals surface area (Å²) in [5.74, 6) is 1.88. The fraction of sp³-hybridized carbons (Fsp3) is 0.538. The number of aryl methyl sites for hydroxylation is 1. The topological polar surface area (TPSA) is 72.9 Å². The monoisotopic (exact) mass is 496 g/mol. The van der Waals surface area contributed by atoms with Gasteiger partial charge in [0.05, 0.1) is 0 Å². The summed E-state index contributed by atoms with van der Waals surface area (Å²) >= 11 is 1.64. The molecule has 2 aliphatic heterocycles. The van der Waals surface area contributed by atoms with Gasteiger partial charge in [0.2, 0.25) is 5.91 Å². The molecule has 0 radical (unpaired) electrons. The zero-order chi connectivity index (χ0) is 24.8. The minimum atomic E-state index is 0.0270. The van der Waals surface area contributed by atoms with E-state index in [0.29, 0.717) is 31.7 Å². The van der Waals surface area contributed by atoms with Gasteiger partial charge in [0.15, 0.2) is 5.16 Å². The molecule has 2 aromatic rings. The number of rotatable bonds is 7. The minimum Gasteiger partial charge on any atom is -0.354 e. The van der Waals surface area contributed by atoms with E-state index in [1.54, 1.807) is 23.6 Å². The molecule has 8 nitrogen and oxygen atoms in total. The lowest BCUT2D eigenvalue weighted by Gasteiger charge is -2.34. The fourth-order valence-electron chi connectivity index (χ4n) is 4.46. The van der Waals surface area contributed by atoms with E-state index in [1.165, 1.54) is 0 Å². The van der Waals surface area contributed by atoms with Gasteiger partial charge in [0.1, 0.15) is 5.82 Å². The van der Waals surface area contributed by atoms with Gasteiger partial charge in [-0.25, -0.2) is 9.97 Å². The summed E-state index contributed by atoms with van der Waals surface area (Å²) in [6.45, 7) is 13.5. The summed E-state index contributed by atoms with van der Waals surface area (Å²) in [5.41, 5.74) is 2.89. The molecule has 1 aromatic carbocycles. The molecule has 0 aliphatic carbocycles. The molecule has 0 spiro atoms. The molecule has 2 fully saturated rings. The molecule has 0 unspecified atom stereocenters. The van der Waals surface area contributed by atoms with Gasteiger partial charge in [-0.15, -0.1) is 0 Å².